The molecule has 0 aromatic heterocycles. The Balaban J connectivity index is 5.14. The minimum absolute atomic E-state index is 0.0659. The van der Waals surface area contributed by atoms with E-state index >= 15 is 0 Å². The van der Waals surface area contributed by atoms with Crippen LogP contribution in [0.2, 0.25) is 0 Å². The molecule has 0 N–H and O–H groups in total. The third kappa shape index (κ3) is 8.85. The first-order valence-corrected chi connectivity index (χ1v) is 9.82. The molecule has 161 valence electrons. The Hall–Kier alpha value is -1.92. The molecule has 0 rings (SSSR count). The first-order valence-electron chi connectivity index (χ1n) is 9.82. The summed E-state index contributed by atoms with van der Waals surface area (Å²) in [4.78, 5) is 48.8. The van der Waals surface area contributed by atoms with Crippen LogP contribution in [0.5, 0.6) is 0 Å². The van der Waals surface area contributed by atoms with Crippen LogP contribution in [0.25, 0.3) is 0 Å². The molecule has 0 aliphatic heterocycles. The summed E-state index contributed by atoms with van der Waals surface area (Å²) in [6.07, 6.45) is 2.43. The highest BCUT2D eigenvalue weighted by molar-refractivity contribution is 6.03. The fourth-order valence-corrected chi connectivity index (χ4v) is 2.92. The van der Waals surface area contributed by atoms with Crippen molar-refractivity contribution >= 4 is 23.7 Å². The number of hydrogen-bond acceptors (Lipinski definition) is 7. The summed E-state index contributed by atoms with van der Waals surface area (Å²) in [6.45, 7) is 11.0. The van der Waals surface area contributed by atoms with E-state index in [1.807, 2.05) is 27.2 Å². The topological polar surface area (TPSA) is 96.0 Å². The largest absolute Gasteiger partial charge is 0.466 e. The number of Topliss-reactive ketones (excluding diaryl/α,β-unsaturated/α-hetero) is 1. The smallest absolute Gasteiger partial charge is 0.319 e. The third-order valence-corrected chi connectivity index (χ3v) is 4.54. The van der Waals surface area contributed by atoms with Crippen LogP contribution >= 0.6 is 0 Å². The van der Waals surface area contributed by atoms with E-state index in [2.05, 4.69) is 0 Å². The van der Waals surface area contributed by atoms with E-state index in [0.29, 0.717) is 0 Å². The molecule has 28 heavy (non-hydrogen) atoms. The summed E-state index contributed by atoms with van der Waals surface area (Å²) in [5, 5.41) is 0. The van der Waals surface area contributed by atoms with Gasteiger partial charge in [-0.15, -0.1) is 0 Å². The van der Waals surface area contributed by atoms with E-state index in [1.165, 1.54) is 6.92 Å². The van der Waals surface area contributed by atoms with Gasteiger partial charge in [-0.2, -0.15) is 0 Å². The zero-order valence-electron chi connectivity index (χ0n) is 18.1. The zero-order chi connectivity index (χ0) is 21.8. The summed E-state index contributed by atoms with van der Waals surface area (Å²) in [7, 11) is 0. The molecule has 0 spiro atoms. The van der Waals surface area contributed by atoms with Gasteiger partial charge >= 0.3 is 17.9 Å². The molecule has 0 aromatic carbocycles. The molecule has 1 atom stereocenters. The van der Waals surface area contributed by atoms with E-state index in [-0.39, 0.29) is 50.9 Å². The molecule has 7 nitrogen and oxygen atoms in total. The second-order valence-electron chi connectivity index (χ2n) is 7.60. The molecule has 0 saturated heterocycles. The number of hydrogen-bond donors (Lipinski definition) is 0. The second-order valence-corrected chi connectivity index (χ2v) is 7.60. The van der Waals surface area contributed by atoms with Gasteiger partial charge < -0.3 is 14.2 Å². The summed E-state index contributed by atoms with van der Waals surface area (Å²) in [6, 6.07) is 0. The standard InChI is InChI=1S/C21H35O7/c1-7-12-20(5,6)15-28-18(24)11-14-21(16(4)22,19(25)27-9-3)13-10-17(23)26-8-2/h7H,8-15H2,1-6H3/t21-/m0/s1. The molecule has 0 aliphatic rings. The molecule has 0 unspecified atom stereocenters. The van der Waals surface area contributed by atoms with Crippen LogP contribution in [-0.4, -0.2) is 43.5 Å². The summed E-state index contributed by atoms with van der Waals surface area (Å²) >= 11 is 0. The molecule has 0 saturated carbocycles. The van der Waals surface area contributed by atoms with Crippen molar-refractivity contribution in [3.05, 3.63) is 6.42 Å². The minimum atomic E-state index is -1.56. The van der Waals surface area contributed by atoms with Crippen LogP contribution in [0.15, 0.2) is 0 Å². The molecule has 0 heterocycles. The van der Waals surface area contributed by atoms with Gasteiger partial charge in [-0.1, -0.05) is 20.8 Å². The van der Waals surface area contributed by atoms with Gasteiger partial charge in [0, 0.05) is 12.8 Å². The fraction of sp³-hybridized carbons (Fsp3) is 0.762. The molecule has 0 fully saturated rings. The number of esters is 3. The predicted molar refractivity (Wildman–Crippen MR) is 104 cm³/mol. The van der Waals surface area contributed by atoms with Crippen molar-refractivity contribution in [1.29, 1.82) is 0 Å². The van der Waals surface area contributed by atoms with Gasteiger partial charge in [0.15, 0.2) is 0 Å². The Morgan fingerprint density at radius 3 is 1.79 bits per heavy atom. The van der Waals surface area contributed by atoms with Gasteiger partial charge in [0.1, 0.15) is 11.2 Å². The summed E-state index contributed by atoms with van der Waals surface area (Å²) in [5.41, 5.74) is -1.75. The Morgan fingerprint density at radius 1 is 0.857 bits per heavy atom. The zero-order valence-corrected chi connectivity index (χ0v) is 18.1. The molecule has 7 heteroatoms. The lowest BCUT2D eigenvalue weighted by Crippen LogP contribution is -2.41. The average molecular weight is 400 g/mol. The quantitative estimate of drug-likeness (QED) is 0.251. The van der Waals surface area contributed by atoms with Gasteiger partial charge in [-0.05, 0) is 51.9 Å². The molecule has 1 radical (unpaired) electrons. The predicted octanol–water partition coefficient (Wildman–Crippen LogP) is 3.43. The van der Waals surface area contributed by atoms with E-state index in [9.17, 15) is 19.2 Å². The van der Waals surface area contributed by atoms with Gasteiger partial charge in [-0.3, -0.25) is 19.2 Å². The molecule has 0 bridgehead atoms. The maximum Gasteiger partial charge on any atom is 0.319 e. The van der Waals surface area contributed by atoms with Crippen LogP contribution in [0.1, 0.15) is 73.6 Å². The van der Waals surface area contributed by atoms with Gasteiger partial charge in [-0.25, -0.2) is 0 Å². The lowest BCUT2D eigenvalue weighted by atomic mass is 9.75. The van der Waals surface area contributed by atoms with Crippen molar-refractivity contribution in [1.82, 2.24) is 0 Å². The molecule has 0 amide bonds. The second kappa shape index (κ2) is 12.5. The normalized spacial score (nSPS) is 13.4. The number of carbonyl (C=O) groups is 4. The number of ketones is 1. The van der Waals surface area contributed by atoms with Crippen LogP contribution in [0, 0.1) is 17.3 Å². The lowest BCUT2D eigenvalue weighted by molar-refractivity contribution is -0.162. The highest BCUT2D eigenvalue weighted by Gasteiger charge is 2.45. The lowest BCUT2D eigenvalue weighted by Gasteiger charge is -2.29. The number of ether oxygens (including phenoxy) is 3. The van der Waals surface area contributed by atoms with Crippen LogP contribution in [0.4, 0.5) is 0 Å². The molecule has 0 aromatic rings. The number of rotatable bonds is 14. The SMILES string of the molecule is C[CH]CC(C)(C)COC(=O)CC[C@@](CCC(=O)OCC)(C(C)=O)C(=O)OCC. The molecule has 0 aliphatic carbocycles. The van der Waals surface area contributed by atoms with Crippen molar-refractivity contribution in [3.8, 4) is 0 Å². The highest BCUT2D eigenvalue weighted by Crippen LogP contribution is 2.34. The van der Waals surface area contributed by atoms with Crippen molar-refractivity contribution < 1.29 is 33.4 Å². The summed E-state index contributed by atoms with van der Waals surface area (Å²) in [5.74, 6) is -2.16. The Labute approximate surface area is 168 Å². The Kier molecular flexibility index (Phi) is 11.7. The summed E-state index contributed by atoms with van der Waals surface area (Å²) < 4.78 is 15.3. The first kappa shape index (κ1) is 26.1. The average Bonchev–Trinajstić information content (AvgIpc) is 2.60. The fourth-order valence-electron chi connectivity index (χ4n) is 2.92. The van der Waals surface area contributed by atoms with Crippen LogP contribution in [0.3, 0.4) is 0 Å². The third-order valence-electron chi connectivity index (χ3n) is 4.54. The first-order chi connectivity index (χ1) is 13.0. The molecular weight excluding hydrogens is 364 g/mol. The maximum atomic E-state index is 12.5. The van der Waals surface area contributed by atoms with E-state index < -0.39 is 29.1 Å². The maximum absolute atomic E-state index is 12.5. The van der Waals surface area contributed by atoms with Gasteiger partial charge in [0.05, 0.1) is 19.8 Å². The van der Waals surface area contributed by atoms with Crippen LogP contribution < -0.4 is 0 Å². The molecular formula is C21H35O7. The number of carbonyl (C=O) groups excluding carboxylic acids is 4. The Bertz CT molecular complexity index is 539. The Morgan fingerprint density at radius 2 is 1.36 bits per heavy atom. The van der Waals surface area contributed by atoms with Crippen molar-refractivity contribution in [2.45, 2.75) is 73.6 Å². The monoisotopic (exact) mass is 399 g/mol. The van der Waals surface area contributed by atoms with E-state index in [0.717, 1.165) is 6.42 Å². The highest BCUT2D eigenvalue weighted by atomic mass is 16.5. The van der Waals surface area contributed by atoms with E-state index in [1.54, 1.807) is 13.8 Å². The van der Waals surface area contributed by atoms with Crippen molar-refractivity contribution in [3.63, 3.8) is 0 Å². The van der Waals surface area contributed by atoms with Gasteiger partial charge in [0.2, 0.25) is 0 Å². The van der Waals surface area contributed by atoms with E-state index in [4.69, 9.17) is 14.2 Å². The van der Waals surface area contributed by atoms with Gasteiger partial charge in [0.25, 0.3) is 0 Å². The van der Waals surface area contributed by atoms with Crippen LogP contribution in [-0.2, 0) is 33.4 Å². The van der Waals surface area contributed by atoms with Crippen molar-refractivity contribution in [2.24, 2.45) is 10.8 Å². The minimum Gasteiger partial charge on any atom is -0.466 e. The van der Waals surface area contributed by atoms with Crippen molar-refractivity contribution in [2.75, 3.05) is 19.8 Å².